The molecule has 0 saturated heterocycles. The van der Waals surface area contributed by atoms with Crippen molar-refractivity contribution in [1.29, 1.82) is 5.26 Å². The van der Waals surface area contributed by atoms with Crippen LogP contribution in [-0.4, -0.2) is 17.2 Å². The van der Waals surface area contributed by atoms with Crippen LogP contribution in [0.25, 0.3) is 32.8 Å². The molecule has 0 radical (unpaired) electrons. The van der Waals surface area contributed by atoms with E-state index in [0.29, 0.717) is 38.6 Å². The summed E-state index contributed by atoms with van der Waals surface area (Å²) in [6.07, 6.45) is 0. The summed E-state index contributed by atoms with van der Waals surface area (Å²) in [5.74, 6) is 0.928. The van der Waals surface area contributed by atoms with Crippen molar-refractivity contribution in [2.45, 2.75) is 0 Å². The zero-order valence-electron chi connectivity index (χ0n) is 14.0. The van der Waals surface area contributed by atoms with Crippen LogP contribution < -0.4 is 10.5 Å². The molecule has 5 nitrogen and oxygen atoms in total. The molecule has 0 amide bonds. The summed E-state index contributed by atoms with van der Waals surface area (Å²) in [4.78, 5) is 4.40. The highest BCUT2D eigenvalue weighted by molar-refractivity contribution is 6.15. The number of phenols is 1. The largest absolute Gasteiger partial charge is 0.507 e. The van der Waals surface area contributed by atoms with Crippen LogP contribution in [0.1, 0.15) is 5.56 Å². The predicted octanol–water partition coefficient (Wildman–Crippen LogP) is 4.22. The zero-order valence-corrected chi connectivity index (χ0v) is 14.0. The SMILES string of the molecule is COc1ccc2nc(N)c3cc(C#N)c(-c4ccccc4)c(O)c3c2c1. The van der Waals surface area contributed by atoms with Gasteiger partial charge in [-0.1, -0.05) is 30.3 Å². The van der Waals surface area contributed by atoms with Crippen LogP contribution in [0.2, 0.25) is 0 Å². The lowest BCUT2D eigenvalue weighted by Crippen LogP contribution is -1.97. The van der Waals surface area contributed by atoms with Gasteiger partial charge in [0, 0.05) is 21.7 Å². The van der Waals surface area contributed by atoms with Gasteiger partial charge in [0.05, 0.1) is 24.3 Å². The number of aromatic hydroxyl groups is 1. The van der Waals surface area contributed by atoms with Crippen molar-refractivity contribution in [3.8, 4) is 28.7 Å². The summed E-state index contributed by atoms with van der Waals surface area (Å²) in [7, 11) is 1.58. The molecule has 4 rings (SSSR count). The van der Waals surface area contributed by atoms with Crippen molar-refractivity contribution < 1.29 is 9.84 Å². The third-order valence-corrected chi connectivity index (χ3v) is 4.47. The van der Waals surface area contributed by atoms with Gasteiger partial charge in [-0.3, -0.25) is 0 Å². The molecule has 3 aromatic carbocycles. The van der Waals surface area contributed by atoms with E-state index in [1.54, 1.807) is 25.3 Å². The number of aromatic nitrogens is 1. The maximum Gasteiger partial charge on any atom is 0.133 e. The predicted molar refractivity (Wildman–Crippen MR) is 102 cm³/mol. The van der Waals surface area contributed by atoms with Gasteiger partial charge in [0.1, 0.15) is 17.3 Å². The van der Waals surface area contributed by atoms with Crippen LogP contribution in [0.3, 0.4) is 0 Å². The number of nitriles is 1. The molecule has 0 unspecified atom stereocenters. The number of fused-ring (bicyclic) bond motifs is 3. The molecule has 1 aromatic heterocycles. The number of pyridine rings is 1. The van der Waals surface area contributed by atoms with E-state index >= 15 is 0 Å². The second-order valence-electron chi connectivity index (χ2n) is 5.93. The summed E-state index contributed by atoms with van der Waals surface area (Å²) in [6.45, 7) is 0. The summed E-state index contributed by atoms with van der Waals surface area (Å²) >= 11 is 0. The van der Waals surface area contributed by atoms with Gasteiger partial charge in [-0.2, -0.15) is 5.26 Å². The average Bonchev–Trinajstić information content (AvgIpc) is 2.68. The van der Waals surface area contributed by atoms with Crippen molar-refractivity contribution in [3.63, 3.8) is 0 Å². The van der Waals surface area contributed by atoms with Gasteiger partial charge in [0.2, 0.25) is 0 Å². The first kappa shape index (κ1) is 15.7. The Bertz CT molecular complexity index is 1200. The Morgan fingerprint density at radius 2 is 1.85 bits per heavy atom. The number of hydrogen-bond donors (Lipinski definition) is 2. The number of hydrogen-bond acceptors (Lipinski definition) is 5. The van der Waals surface area contributed by atoms with E-state index < -0.39 is 0 Å². The minimum Gasteiger partial charge on any atom is -0.507 e. The smallest absolute Gasteiger partial charge is 0.133 e. The van der Waals surface area contributed by atoms with Crippen molar-refractivity contribution in [2.75, 3.05) is 12.8 Å². The highest BCUT2D eigenvalue weighted by Crippen LogP contribution is 2.43. The van der Waals surface area contributed by atoms with E-state index in [1.165, 1.54) is 0 Å². The first-order chi connectivity index (χ1) is 12.6. The van der Waals surface area contributed by atoms with Gasteiger partial charge < -0.3 is 15.6 Å². The molecule has 3 N–H and O–H groups in total. The average molecular weight is 341 g/mol. The summed E-state index contributed by atoms with van der Waals surface area (Å²) in [5, 5.41) is 22.5. The lowest BCUT2D eigenvalue weighted by Gasteiger charge is -2.14. The number of phenolic OH excluding ortho intramolecular Hbond substituents is 1. The van der Waals surface area contributed by atoms with Gasteiger partial charge >= 0.3 is 0 Å². The fourth-order valence-electron chi connectivity index (χ4n) is 3.26. The second kappa shape index (κ2) is 5.94. The Morgan fingerprint density at radius 3 is 2.54 bits per heavy atom. The maximum atomic E-state index is 11.1. The Hall–Kier alpha value is -3.78. The van der Waals surface area contributed by atoms with Crippen LogP contribution in [-0.2, 0) is 0 Å². The quantitative estimate of drug-likeness (QED) is 0.533. The standard InChI is InChI=1S/C21H15N3O2/c1-26-14-7-8-17-15(10-14)19-16(21(23)24-17)9-13(11-22)18(20(19)25)12-5-3-2-4-6-12/h2-10,25H,1H3,(H2,23,24). The molecule has 26 heavy (non-hydrogen) atoms. The van der Waals surface area contributed by atoms with Gasteiger partial charge in [-0.05, 0) is 29.8 Å². The molecule has 5 heteroatoms. The number of benzene rings is 3. The van der Waals surface area contributed by atoms with Crippen molar-refractivity contribution in [3.05, 3.63) is 60.2 Å². The van der Waals surface area contributed by atoms with Crippen LogP contribution in [0, 0.1) is 11.3 Å². The third-order valence-electron chi connectivity index (χ3n) is 4.47. The number of ether oxygens (including phenoxy) is 1. The molecule has 0 atom stereocenters. The molecule has 0 fully saturated rings. The normalized spacial score (nSPS) is 10.8. The number of nitrogen functional groups attached to an aromatic ring is 1. The lowest BCUT2D eigenvalue weighted by atomic mass is 9.93. The summed E-state index contributed by atoms with van der Waals surface area (Å²) < 4.78 is 5.31. The summed E-state index contributed by atoms with van der Waals surface area (Å²) in [6, 6.07) is 18.6. The van der Waals surface area contributed by atoms with Gasteiger partial charge in [0.15, 0.2) is 0 Å². The first-order valence-corrected chi connectivity index (χ1v) is 8.02. The molecule has 0 aliphatic heterocycles. The van der Waals surface area contributed by atoms with Gasteiger partial charge in [-0.25, -0.2) is 4.98 Å². The maximum absolute atomic E-state index is 11.1. The zero-order chi connectivity index (χ0) is 18.3. The van der Waals surface area contributed by atoms with Gasteiger partial charge in [-0.15, -0.1) is 0 Å². The van der Waals surface area contributed by atoms with Crippen LogP contribution >= 0.6 is 0 Å². The molecule has 0 bridgehead atoms. The van der Waals surface area contributed by atoms with E-state index in [0.717, 1.165) is 5.56 Å². The third kappa shape index (κ3) is 2.28. The van der Waals surface area contributed by atoms with Crippen LogP contribution in [0.5, 0.6) is 11.5 Å². The molecule has 1 heterocycles. The van der Waals surface area contributed by atoms with E-state index in [9.17, 15) is 10.4 Å². The Labute approximate surface area is 149 Å². The molecule has 126 valence electrons. The van der Waals surface area contributed by atoms with Crippen LogP contribution in [0.4, 0.5) is 5.82 Å². The topological polar surface area (TPSA) is 92.2 Å². The second-order valence-corrected chi connectivity index (χ2v) is 5.93. The molecule has 0 saturated carbocycles. The highest BCUT2D eigenvalue weighted by atomic mass is 16.5. The van der Waals surface area contributed by atoms with Crippen molar-refractivity contribution in [1.82, 2.24) is 4.98 Å². The van der Waals surface area contributed by atoms with Gasteiger partial charge in [0.25, 0.3) is 0 Å². The Kier molecular flexibility index (Phi) is 3.59. The lowest BCUT2D eigenvalue weighted by molar-refractivity contribution is 0.415. The van der Waals surface area contributed by atoms with Crippen molar-refractivity contribution >= 4 is 27.5 Å². The number of methoxy groups -OCH3 is 1. The monoisotopic (exact) mass is 341 g/mol. The number of nitrogens with zero attached hydrogens (tertiary/aromatic N) is 2. The van der Waals surface area contributed by atoms with E-state index in [-0.39, 0.29) is 11.6 Å². The fraction of sp³-hybridized carbons (Fsp3) is 0.0476. The molecular weight excluding hydrogens is 326 g/mol. The summed E-state index contributed by atoms with van der Waals surface area (Å²) in [5.41, 5.74) is 8.34. The minimum atomic E-state index is 0.0117. The molecule has 0 aliphatic carbocycles. The molecule has 0 aliphatic rings. The number of rotatable bonds is 2. The van der Waals surface area contributed by atoms with E-state index in [2.05, 4.69) is 11.1 Å². The van der Waals surface area contributed by atoms with Crippen molar-refractivity contribution in [2.24, 2.45) is 0 Å². The first-order valence-electron chi connectivity index (χ1n) is 8.02. The molecule has 0 spiro atoms. The number of nitrogens with two attached hydrogens (primary N) is 1. The molecule has 4 aromatic rings. The fourth-order valence-corrected chi connectivity index (χ4v) is 3.26. The Balaban J connectivity index is 2.22. The Morgan fingerprint density at radius 1 is 1.08 bits per heavy atom. The highest BCUT2D eigenvalue weighted by Gasteiger charge is 2.19. The van der Waals surface area contributed by atoms with E-state index in [4.69, 9.17) is 10.5 Å². The molecular formula is C21H15N3O2. The minimum absolute atomic E-state index is 0.0117. The van der Waals surface area contributed by atoms with Crippen LogP contribution in [0.15, 0.2) is 54.6 Å². The number of anilines is 1. The van der Waals surface area contributed by atoms with E-state index in [1.807, 2.05) is 36.4 Å².